The molecule has 35 heavy (non-hydrogen) atoms. The Hall–Kier alpha value is -3.31. The van der Waals surface area contributed by atoms with Gasteiger partial charge in [0.15, 0.2) is 18.1 Å². The first kappa shape index (κ1) is 26.3. The molecule has 1 aliphatic rings. The number of methoxy groups -OCH3 is 1. The SMILES string of the molecule is CCOC(=O)COc1c(Br)cc(/C=C2\SC(=O)N(CC(=O)Nc3cccc(C)c3)C2=O)cc1OC. The van der Waals surface area contributed by atoms with Crippen molar-refractivity contribution in [3.8, 4) is 11.5 Å². The van der Waals surface area contributed by atoms with E-state index in [-0.39, 0.29) is 18.1 Å². The number of anilines is 1. The molecule has 1 N–H and O–H groups in total. The highest BCUT2D eigenvalue weighted by atomic mass is 79.9. The average molecular weight is 563 g/mol. The van der Waals surface area contributed by atoms with E-state index >= 15 is 0 Å². The Labute approximate surface area is 214 Å². The van der Waals surface area contributed by atoms with Crippen LogP contribution < -0.4 is 14.8 Å². The first-order valence-electron chi connectivity index (χ1n) is 10.5. The molecule has 0 saturated carbocycles. The fourth-order valence-corrected chi connectivity index (χ4v) is 4.56. The van der Waals surface area contributed by atoms with Crippen molar-refractivity contribution in [2.75, 3.05) is 32.2 Å². The van der Waals surface area contributed by atoms with Crippen LogP contribution in [0.1, 0.15) is 18.1 Å². The number of carbonyl (C=O) groups is 4. The standard InChI is InChI=1S/C24H23BrN2O7S/c1-4-33-21(29)13-34-22-17(25)9-15(10-18(22)32-3)11-19-23(30)27(24(31)35-19)12-20(28)26-16-7-5-6-14(2)8-16/h5-11H,4,12-13H2,1-3H3,(H,26,28)/b19-11-. The van der Waals surface area contributed by atoms with Crippen LogP contribution >= 0.6 is 27.7 Å². The minimum atomic E-state index is -0.572. The summed E-state index contributed by atoms with van der Waals surface area (Å²) in [6.07, 6.45) is 1.52. The van der Waals surface area contributed by atoms with Gasteiger partial charge in [0, 0.05) is 5.69 Å². The van der Waals surface area contributed by atoms with E-state index in [4.69, 9.17) is 14.2 Å². The lowest BCUT2D eigenvalue weighted by Crippen LogP contribution is -2.36. The maximum Gasteiger partial charge on any atom is 0.344 e. The molecule has 0 aliphatic carbocycles. The lowest BCUT2D eigenvalue weighted by Gasteiger charge is -2.13. The summed E-state index contributed by atoms with van der Waals surface area (Å²) in [6, 6.07) is 10.5. The van der Waals surface area contributed by atoms with Crippen LogP contribution in [0.25, 0.3) is 6.08 Å². The number of halogens is 1. The Morgan fingerprint density at radius 3 is 2.66 bits per heavy atom. The number of thioether (sulfide) groups is 1. The summed E-state index contributed by atoms with van der Waals surface area (Å²) >= 11 is 4.12. The molecule has 1 saturated heterocycles. The zero-order chi connectivity index (χ0) is 25.5. The lowest BCUT2D eigenvalue weighted by atomic mass is 10.2. The van der Waals surface area contributed by atoms with Crippen molar-refractivity contribution in [1.29, 1.82) is 0 Å². The van der Waals surface area contributed by atoms with Gasteiger partial charge in [-0.2, -0.15) is 0 Å². The minimum Gasteiger partial charge on any atom is -0.493 e. The van der Waals surface area contributed by atoms with Crippen LogP contribution in [0.2, 0.25) is 0 Å². The van der Waals surface area contributed by atoms with Crippen LogP contribution in [-0.2, 0) is 19.1 Å². The number of carbonyl (C=O) groups excluding carboxylic acids is 4. The second kappa shape index (κ2) is 11.9. The number of nitrogens with zero attached hydrogens (tertiary/aromatic N) is 1. The third-order valence-corrected chi connectivity index (χ3v) is 6.16. The highest BCUT2D eigenvalue weighted by Crippen LogP contribution is 2.39. The summed E-state index contributed by atoms with van der Waals surface area (Å²) in [5.74, 6) is -0.972. The van der Waals surface area contributed by atoms with Gasteiger partial charge in [-0.1, -0.05) is 12.1 Å². The predicted octanol–water partition coefficient (Wildman–Crippen LogP) is 4.38. The molecule has 0 radical (unpaired) electrons. The molecule has 3 rings (SSSR count). The highest BCUT2D eigenvalue weighted by molar-refractivity contribution is 9.10. The average Bonchev–Trinajstić information content (AvgIpc) is 3.05. The van der Waals surface area contributed by atoms with E-state index in [0.717, 1.165) is 22.2 Å². The van der Waals surface area contributed by atoms with Gasteiger partial charge in [0.25, 0.3) is 11.1 Å². The summed E-state index contributed by atoms with van der Waals surface area (Å²) in [6.45, 7) is 3.13. The molecule has 0 spiro atoms. The first-order valence-corrected chi connectivity index (χ1v) is 12.1. The summed E-state index contributed by atoms with van der Waals surface area (Å²) in [4.78, 5) is 50.3. The number of esters is 1. The van der Waals surface area contributed by atoms with Crippen LogP contribution in [0.3, 0.4) is 0 Å². The molecular weight excluding hydrogens is 540 g/mol. The zero-order valence-corrected chi connectivity index (χ0v) is 21.7. The molecule has 184 valence electrons. The summed E-state index contributed by atoms with van der Waals surface area (Å²) in [7, 11) is 1.43. The number of hydrogen-bond acceptors (Lipinski definition) is 8. The smallest absolute Gasteiger partial charge is 0.344 e. The van der Waals surface area contributed by atoms with Gasteiger partial charge >= 0.3 is 5.97 Å². The highest BCUT2D eigenvalue weighted by Gasteiger charge is 2.36. The van der Waals surface area contributed by atoms with Crippen molar-refractivity contribution in [2.24, 2.45) is 0 Å². The Morgan fingerprint density at radius 2 is 1.97 bits per heavy atom. The molecule has 1 aliphatic heterocycles. The summed E-state index contributed by atoms with van der Waals surface area (Å²) < 4.78 is 16.2. The number of imide groups is 1. The number of rotatable bonds is 9. The Bertz CT molecular complexity index is 1200. The monoisotopic (exact) mass is 562 g/mol. The third-order valence-electron chi connectivity index (χ3n) is 4.67. The van der Waals surface area contributed by atoms with Gasteiger partial charge in [-0.3, -0.25) is 19.3 Å². The number of nitrogens with one attached hydrogen (secondary N) is 1. The van der Waals surface area contributed by atoms with Gasteiger partial charge in [-0.25, -0.2) is 4.79 Å². The van der Waals surface area contributed by atoms with E-state index in [2.05, 4.69) is 21.2 Å². The van der Waals surface area contributed by atoms with Gasteiger partial charge in [0.1, 0.15) is 6.54 Å². The number of ether oxygens (including phenoxy) is 3. The van der Waals surface area contributed by atoms with Crippen molar-refractivity contribution in [2.45, 2.75) is 13.8 Å². The van der Waals surface area contributed by atoms with Crippen molar-refractivity contribution >= 4 is 62.5 Å². The number of amides is 3. The second-order valence-corrected chi connectivity index (χ2v) is 9.16. The largest absolute Gasteiger partial charge is 0.493 e. The third kappa shape index (κ3) is 6.86. The van der Waals surface area contributed by atoms with Gasteiger partial charge in [-0.15, -0.1) is 0 Å². The van der Waals surface area contributed by atoms with Crippen LogP contribution in [0, 0.1) is 6.92 Å². The molecule has 0 bridgehead atoms. The van der Waals surface area contributed by atoms with Crippen molar-refractivity contribution in [3.05, 3.63) is 56.9 Å². The van der Waals surface area contributed by atoms with Crippen molar-refractivity contribution in [1.82, 2.24) is 4.90 Å². The van der Waals surface area contributed by atoms with Crippen LogP contribution in [0.15, 0.2) is 45.8 Å². The van der Waals surface area contributed by atoms with Gasteiger partial charge in [0.2, 0.25) is 5.91 Å². The van der Waals surface area contributed by atoms with E-state index in [9.17, 15) is 19.2 Å². The second-order valence-electron chi connectivity index (χ2n) is 7.31. The van der Waals surface area contributed by atoms with E-state index in [1.807, 2.05) is 13.0 Å². The minimum absolute atomic E-state index is 0.160. The first-order chi connectivity index (χ1) is 16.7. The predicted molar refractivity (Wildman–Crippen MR) is 135 cm³/mol. The normalized spacial score (nSPS) is 14.3. The molecule has 3 amide bonds. The number of aryl methyl sites for hydroxylation is 1. The van der Waals surface area contributed by atoms with Gasteiger partial charge in [0.05, 0.1) is 23.1 Å². The zero-order valence-electron chi connectivity index (χ0n) is 19.3. The Morgan fingerprint density at radius 1 is 1.20 bits per heavy atom. The van der Waals surface area contributed by atoms with E-state index in [1.165, 1.54) is 13.2 Å². The fourth-order valence-electron chi connectivity index (χ4n) is 3.15. The maximum absolute atomic E-state index is 12.8. The van der Waals surface area contributed by atoms with Crippen LogP contribution in [-0.4, -0.2) is 54.8 Å². The molecule has 1 heterocycles. The number of hydrogen-bond donors (Lipinski definition) is 1. The molecule has 2 aromatic rings. The molecule has 1 fully saturated rings. The molecule has 2 aromatic carbocycles. The topological polar surface area (TPSA) is 111 Å². The molecule has 11 heteroatoms. The summed E-state index contributed by atoms with van der Waals surface area (Å²) in [5.41, 5.74) is 2.10. The van der Waals surface area contributed by atoms with Crippen LogP contribution in [0.4, 0.5) is 10.5 Å². The van der Waals surface area contributed by atoms with Crippen LogP contribution in [0.5, 0.6) is 11.5 Å². The van der Waals surface area contributed by atoms with E-state index in [0.29, 0.717) is 27.2 Å². The Balaban J connectivity index is 1.73. The van der Waals surface area contributed by atoms with E-state index < -0.39 is 29.6 Å². The molecule has 9 nitrogen and oxygen atoms in total. The molecule has 0 atom stereocenters. The Kier molecular flexibility index (Phi) is 8.94. The van der Waals surface area contributed by atoms with E-state index in [1.54, 1.807) is 37.3 Å². The molecular formula is C24H23BrN2O7S. The van der Waals surface area contributed by atoms with Gasteiger partial charge < -0.3 is 19.5 Å². The lowest BCUT2D eigenvalue weighted by molar-refractivity contribution is -0.145. The summed E-state index contributed by atoms with van der Waals surface area (Å²) in [5, 5.41) is 2.15. The maximum atomic E-state index is 12.8. The van der Waals surface area contributed by atoms with Gasteiger partial charge in [-0.05, 0) is 83.0 Å². The fraction of sp³-hybridized carbons (Fsp3) is 0.250. The quantitative estimate of drug-likeness (QED) is 0.354. The van der Waals surface area contributed by atoms with Crippen molar-refractivity contribution < 1.29 is 33.4 Å². The van der Waals surface area contributed by atoms with Crippen molar-refractivity contribution in [3.63, 3.8) is 0 Å². The number of benzene rings is 2. The molecule has 0 unspecified atom stereocenters. The molecule has 0 aromatic heterocycles.